The largest absolute Gasteiger partial charge is 0.497 e. The Bertz CT molecular complexity index is 757. The van der Waals surface area contributed by atoms with E-state index in [4.69, 9.17) is 4.74 Å². The third-order valence-electron chi connectivity index (χ3n) is 4.83. The number of aliphatic hydroxyl groups excluding tert-OH is 1. The molecule has 0 aliphatic rings. The zero-order chi connectivity index (χ0) is 21.4. The average molecular weight is 401 g/mol. The van der Waals surface area contributed by atoms with Crippen LogP contribution < -0.4 is 10.1 Å². The molecule has 0 saturated carbocycles. The predicted octanol–water partition coefficient (Wildman–Crippen LogP) is 3.54. The number of hydrogen-bond acceptors (Lipinski definition) is 4. The number of hydrogen-bond donors (Lipinski definition) is 3. The zero-order valence-corrected chi connectivity index (χ0v) is 17.6. The lowest BCUT2D eigenvalue weighted by Gasteiger charge is -2.42. The molecule has 158 valence electrons. The van der Waals surface area contributed by atoms with Gasteiger partial charge in [-0.05, 0) is 50.5 Å². The van der Waals surface area contributed by atoms with Gasteiger partial charge in [0.15, 0.2) is 0 Å². The Hall–Kier alpha value is -2.57. The number of carbonyl (C=O) groups is 1. The van der Waals surface area contributed by atoms with E-state index in [-0.39, 0.29) is 6.54 Å². The van der Waals surface area contributed by atoms with Crippen molar-refractivity contribution in [2.75, 3.05) is 13.7 Å². The van der Waals surface area contributed by atoms with Gasteiger partial charge in [0.1, 0.15) is 5.75 Å². The molecule has 3 N–H and O–H groups in total. The summed E-state index contributed by atoms with van der Waals surface area (Å²) in [6.07, 6.45) is -1.45. The van der Waals surface area contributed by atoms with Crippen LogP contribution >= 0.6 is 0 Å². The molecule has 0 fully saturated rings. The Morgan fingerprint density at radius 2 is 1.69 bits per heavy atom. The lowest BCUT2D eigenvalue weighted by Crippen LogP contribution is -2.58. The van der Waals surface area contributed by atoms with Crippen LogP contribution in [0.5, 0.6) is 5.75 Å². The Kier molecular flexibility index (Phi) is 8.05. The molecule has 1 amide bonds. The van der Waals surface area contributed by atoms with Gasteiger partial charge in [-0.3, -0.25) is 4.90 Å². The minimum Gasteiger partial charge on any atom is -0.497 e. The van der Waals surface area contributed by atoms with Crippen LogP contribution in [0.4, 0.5) is 4.79 Å². The number of nitrogens with zero attached hydrogens (tertiary/aromatic N) is 1. The lowest BCUT2D eigenvalue weighted by molar-refractivity contribution is 0.00770. The summed E-state index contributed by atoms with van der Waals surface area (Å²) in [5.41, 5.74) is 1.41. The summed E-state index contributed by atoms with van der Waals surface area (Å²) in [5.74, 6) is 0.791. The molecule has 0 radical (unpaired) electrons. The zero-order valence-electron chi connectivity index (χ0n) is 17.6. The normalized spacial score (nSPS) is 13.6. The van der Waals surface area contributed by atoms with Crippen molar-refractivity contribution in [1.29, 1.82) is 0 Å². The van der Waals surface area contributed by atoms with Crippen LogP contribution in [0.2, 0.25) is 0 Å². The fourth-order valence-electron chi connectivity index (χ4n) is 3.43. The van der Waals surface area contributed by atoms with Gasteiger partial charge in [0, 0.05) is 18.6 Å². The molecular formula is C23H32N2O4. The fourth-order valence-corrected chi connectivity index (χ4v) is 3.43. The third-order valence-corrected chi connectivity index (χ3v) is 4.83. The topological polar surface area (TPSA) is 82.0 Å². The van der Waals surface area contributed by atoms with E-state index in [9.17, 15) is 15.0 Å². The summed E-state index contributed by atoms with van der Waals surface area (Å²) >= 11 is 0. The van der Waals surface area contributed by atoms with Gasteiger partial charge in [0.05, 0.1) is 19.3 Å². The highest BCUT2D eigenvalue weighted by atomic mass is 16.5. The van der Waals surface area contributed by atoms with E-state index in [2.05, 4.69) is 5.32 Å². The standard InChI is InChI=1S/C23H32N2O4/c1-23(2,3)25(22(27)28)20(14-17-8-6-5-7-9-17)21(26)16-24-15-18-10-12-19(29-4)13-11-18/h5-13,20-21,24,26H,14-16H2,1-4H3,(H,27,28)/t20-,21+/m0/s1. The van der Waals surface area contributed by atoms with E-state index >= 15 is 0 Å². The third kappa shape index (κ3) is 6.76. The minimum atomic E-state index is -1.03. The summed E-state index contributed by atoms with van der Waals surface area (Å²) in [4.78, 5) is 13.4. The minimum absolute atomic E-state index is 0.281. The highest BCUT2D eigenvalue weighted by Gasteiger charge is 2.37. The molecule has 2 aromatic carbocycles. The van der Waals surface area contributed by atoms with Crippen LogP contribution in [0.1, 0.15) is 31.9 Å². The number of ether oxygens (including phenoxy) is 1. The second-order valence-electron chi connectivity index (χ2n) is 8.13. The SMILES string of the molecule is COc1ccc(CNC[C@@H](O)[C@H](Cc2ccccc2)N(C(=O)O)C(C)(C)C)cc1. The molecule has 6 nitrogen and oxygen atoms in total. The quantitative estimate of drug-likeness (QED) is 0.600. The highest BCUT2D eigenvalue weighted by Crippen LogP contribution is 2.23. The highest BCUT2D eigenvalue weighted by molar-refractivity contribution is 5.66. The Morgan fingerprint density at radius 1 is 1.07 bits per heavy atom. The number of methoxy groups -OCH3 is 1. The van der Waals surface area contributed by atoms with Gasteiger partial charge in [-0.1, -0.05) is 42.5 Å². The number of aliphatic hydroxyl groups is 1. The molecule has 6 heteroatoms. The Morgan fingerprint density at radius 3 is 2.21 bits per heavy atom. The van der Waals surface area contributed by atoms with E-state index in [1.807, 2.05) is 75.4 Å². The van der Waals surface area contributed by atoms with E-state index in [1.54, 1.807) is 7.11 Å². The number of nitrogens with one attached hydrogen (secondary N) is 1. The molecule has 2 aromatic rings. The second kappa shape index (κ2) is 10.3. The predicted molar refractivity (Wildman–Crippen MR) is 114 cm³/mol. The van der Waals surface area contributed by atoms with Crippen LogP contribution in [-0.2, 0) is 13.0 Å². The number of carboxylic acid groups (broad SMARTS) is 1. The molecule has 0 unspecified atom stereocenters. The van der Waals surface area contributed by atoms with Crippen molar-refractivity contribution < 1.29 is 19.7 Å². The fraction of sp³-hybridized carbons (Fsp3) is 0.435. The van der Waals surface area contributed by atoms with Gasteiger partial charge in [0.25, 0.3) is 0 Å². The van der Waals surface area contributed by atoms with Crippen LogP contribution in [0, 0.1) is 0 Å². The molecule has 2 atom stereocenters. The van der Waals surface area contributed by atoms with Crippen molar-refractivity contribution in [3.63, 3.8) is 0 Å². The molecule has 0 aromatic heterocycles. The molecule has 0 heterocycles. The van der Waals surface area contributed by atoms with Gasteiger partial charge in [-0.15, -0.1) is 0 Å². The summed E-state index contributed by atoms with van der Waals surface area (Å²) in [6.45, 7) is 6.38. The van der Waals surface area contributed by atoms with E-state index in [0.717, 1.165) is 16.9 Å². The molecule has 29 heavy (non-hydrogen) atoms. The molecule has 0 spiro atoms. The Labute approximate surface area is 173 Å². The van der Waals surface area contributed by atoms with Crippen LogP contribution in [0.3, 0.4) is 0 Å². The molecule has 0 aliphatic heterocycles. The first-order chi connectivity index (χ1) is 13.7. The summed E-state index contributed by atoms with van der Waals surface area (Å²) in [7, 11) is 1.62. The number of benzene rings is 2. The van der Waals surface area contributed by atoms with Gasteiger partial charge in [0.2, 0.25) is 0 Å². The van der Waals surface area contributed by atoms with Gasteiger partial charge < -0.3 is 20.3 Å². The van der Waals surface area contributed by atoms with Crippen LogP contribution in [0.15, 0.2) is 54.6 Å². The van der Waals surface area contributed by atoms with Crippen molar-refractivity contribution in [3.8, 4) is 5.75 Å². The van der Waals surface area contributed by atoms with Crippen molar-refractivity contribution in [2.24, 2.45) is 0 Å². The van der Waals surface area contributed by atoms with Gasteiger partial charge in [-0.2, -0.15) is 0 Å². The maximum absolute atomic E-state index is 12.0. The summed E-state index contributed by atoms with van der Waals surface area (Å²) < 4.78 is 5.16. The Balaban J connectivity index is 2.10. The van der Waals surface area contributed by atoms with Crippen molar-refractivity contribution >= 4 is 6.09 Å². The second-order valence-corrected chi connectivity index (χ2v) is 8.13. The van der Waals surface area contributed by atoms with E-state index in [0.29, 0.717) is 13.0 Å². The summed E-state index contributed by atoms with van der Waals surface area (Å²) in [6, 6.07) is 16.8. The molecule has 2 rings (SSSR count). The first kappa shape index (κ1) is 22.7. The van der Waals surface area contributed by atoms with Crippen molar-refractivity contribution in [2.45, 2.75) is 51.4 Å². The number of rotatable bonds is 9. The molecular weight excluding hydrogens is 368 g/mol. The first-order valence-corrected chi connectivity index (χ1v) is 9.80. The molecule has 0 aliphatic carbocycles. The maximum atomic E-state index is 12.0. The lowest BCUT2D eigenvalue weighted by atomic mass is 9.94. The summed E-state index contributed by atoms with van der Waals surface area (Å²) in [5, 5.41) is 24.0. The van der Waals surface area contributed by atoms with Crippen molar-refractivity contribution in [1.82, 2.24) is 10.2 Å². The molecule has 0 saturated heterocycles. The van der Waals surface area contributed by atoms with E-state index < -0.39 is 23.8 Å². The smallest absolute Gasteiger partial charge is 0.408 e. The monoisotopic (exact) mass is 400 g/mol. The van der Waals surface area contributed by atoms with Gasteiger partial charge >= 0.3 is 6.09 Å². The van der Waals surface area contributed by atoms with Crippen LogP contribution in [-0.4, -0.2) is 52.5 Å². The average Bonchev–Trinajstić information content (AvgIpc) is 2.67. The van der Waals surface area contributed by atoms with Crippen molar-refractivity contribution in [3.05, 3.63) is 65.7 Å². The number of amides is 1. The maximum Gasteiger partial charge on any atom is 0.408 e. The first-order valence-electron chi connectivity index (χ1n) is 9.80. The van der Waals surface area contributed by atoms with Crippen LogP contribution in [0.25, 0.3) is 0 Å². The molecule has 0 bridgehead atoms. The van der Waals surface area contributed by atoms with Gasteiger partial charge in [-0.25, -0.2) is 4.79 Å². The van der Waals surface area contributed by atoms with E-state index in [1.165, 1.54) is 4.90 Å².